The van der Waals surface area contributed by atoms with Crippen molar-refractivity contribution in [1.29, 1.82) is 0 Å². The predicted octanol–water partition coefficient (Wildman–Crippen LogP) is 2.04. The number of fused-ring (bicyclic) bond motifs is 1. The molecule has 0 aromatic heterocycles. The second kappa shape index (κ2) is 6.41. The lowest BCUT2D eigenvalue weighted by molar-refractivity contribution is 0.174. The highest BCUT2D eigenvalue weighted by Crippen LogP contribution is 2.49. The predicted molar refractivity (Wildman–Crippen MR) is 95.1 cm³/mol. The lowest BCUT2D eigenvalue weighted by Crippen LogP contribution is -2.43. The standard InChI is InChI=1S/C19H27N3O3/c1-21-8-5-14(10-21)11-22(2)18(23)20-12-19(6-7-19)15-3-4-16-17(9-15)25-13-24-16/h3-4,9,14H,5-8,10-13H2,1-2H3,(H,20,23)/t14-/m0/s1. The number of nitrogens with zero attached hydrogens (tertiary/aromatic N) is 2. The Balaban J connectivity index is 1.32. The summed E-state index contributed by atoms with van der Waals surface area (Å²) in [5, 5.41) is 3.14. The smallest absolute Gasteiger partial charge is 0.317 e. The fraction of sp³-hybridized carbons (Fsp3) is 0.632. The highest BCUT2D eigenvalue weighted by Gasteiger charge is 2.45. The van der Waals surface area contributed by atoms with Gasteiger partial charge in [0.2, 0.25) is 6.79 Å². The lowest BCUT2D eigenvalue weighted by Gasteiger charge is -2.24. The van der Waals surface area contributed by atoms with Crippen molar-refractivity contribution in [3.63, 3.8) is 0 Å². The first kappa shape index (κ1) is 16.5. The van der Waals surface area contributed by atoms with Crippen LogP contribution in [0, 0.1) is 5.92 Å². The molecule has 2 heterocycles. The van der Waals surface area contributed by atoms with Crippen molar-refractivity contribution in [2.24, 2.45) is 5.92 Å². The average Bonchev–Trinajstić information content (AvgIpc) is 3.05. The number of carbonyl (C=O) groups is 1. The minimum Gasteiger partial charge on any atom is -0.454 e. The molecule has 3 aliphatic rings. The molecular formula is C19H27N3O3. The second-order valence-corrected chi connectivity index (χ2v) is 7.80. The number of hydrogen-bond acceptors (Lipinski definition) is 4. The monoisotopic (exact) mass is 345 g/mol. The SMILES string of the molecule is CN1CC[C@H](CN(C)C(=O)NCC2(c3ccc4c(c3)OCO4)CC2)C1. The molecule has 6 heteroatoms. The van der Waals surface area contributed by atoms with Crippen LogP contribution in [-0.2, 0) is 5.41 Å². The average molecular weight is 345 g/mol. The van der Waals surface area contributed by atoms with Crippen LogP contribution in [-0.4, -0.2) is 62.9 Å². The molecular weight excluding hydrogens is 318 g/mol. The van der Waals surface area contributed by atoms with Gasteiger partial charge in [0.05, 0.1) is 0 Å². The van der Waals surface area contributed by atoms with Crippen molar-refractivity contribution in [3.05, 3.63) is 23.8 Å². The number of carbonyl (C=O) groups excluding carboxylic acids is 1. The number of rotatable bonds is 5. The molecule has 0 radical (unpaired) electrons. The largest absolute Gasteiger partial charge is 0.454 e. The van der Waals surface area contributed by atoms with Crippen LogP contribution in [0.5, 0.6) is 11.5 Å². The number of urea groups is 1. The summed E-state index contributed by atoms with van der Waals surface area (Å²) in [5.41, 5.74) is 1.29. The van der Waals surface area contributed by atoms with Crippen molar-refractivity contribution in [1.82, 2.24) is 15.1 Å². The normalized spacial score (nSPS) is 23.5. The van der Waals surface area contributed by atoms with E-state index in [1.165, 1.54) is 12.0 Å². The quantitative estimate of drug-likeness (QED) is 0.887. The molecule has 1 saturated carbocycles. The van der Waals surface area contributed by atoms with Gasteiger partial charge in [-0.2, -0.15) is 0 Å². The molecule has 136 valence electrons. The summed E-state index contributed by atoms with van der Waals surface area (Å²) >= 11 is 0. The van der Waals surface area contributed by atoms with E-state index in [4.69, 9.17) is 9.47 Å². The molecule has 25 heavy (non-hydrogen) atoms. The van der Waals surface area contributed by atoms with Gasteiger partial charge in [0, 0.05) is 32.1 Å². The van der Waals surface area contributed by atoms with Crippen LogP contribution < -0.4 is 14.8 Å². The minimum absolute atomic E-state index is 0.0292. The van der Waals surface area contributed by atoms with E-state index in [-0.39, 0.29) is 11.4 Å². The molecule has 0 spiro atoms. The van der Waals surface area contributed by atoms with Crippen molar-refractivity contribution in [3.8, 4) is 11.5 Å². The highest BCUT2D eigenvalue weighted by atomic mass is 16.7. The molecule has 2 fully saturated rings. The first-order chi connectivity index (χ1) is 12.1. The van der Waals surface area contributed by atoms with E-state index in [1.54, 1.807) is 0 Å². The zero-order valence-electron chi connectivity index (χ0n) is 15.1. The maximum absolute atomic E-state index is 12.5. The molecule has 1 atom stereocenters. The number of hydrogen-bond donors (Lipinski definition) is 1. The van der Waals surface area contributed by atoms with Crippen molar-refractivity contribution in [2.75, 3.05) is 47.1 Å². The van der Waals surface area contributed by atoms with Crippen LogP contribution in [0.3, 0.4) is 0 Å². The summed E-state index contributed by atoms with van der Waals surface area (Å²) in [6, 6.07) is 6.17. The molecule has 1 aromatic carbocycles. The van der Waals surface area contributed by atoms with E-state index in [1.807, 2.05) is 18.0 Å². The molecule has 6 nitrogen and oxygen atoms in total. The fourth-order valence-corrected chi connectivity index (χ4v) is 3.97. The number of amides is 2. The van der Waals surface area contributed by atoms with Gasteiger partial charge < -0.3 is 24.6 Å². The zero-order chi connectivity index (χ0) is 17.4. The third-order valence-corrected chi connectivity index (χ3v) is 5.78. The molecule has 2 aliphatic heterocycles. The Hall–Kier alpha value is -1.95. The Morgan fingerprint density at radius 2 is 2.16 bits per heavy atom. The Morgan fingerprint density at radius 3 is 2.88 bits per heavy atom. The van der Waals surface area contributed by atoms with Gasteiger partial charge in [-0.15, -0.1) is 0 Å². The van der Waals surface area contributed by atoms with Gasteiger partial charge in [-0.05, 0) is 56.5 Å². The van der Waals surface area contributed by atoms with E-state index in [2.05, 4.69) is 29.4 Å². The molecule has 1 aromatic rings. The number of likely N-dealkylation sites (tertiary alicyclic amines) is 1. The summed E-state index contributed by atoms with van der Waals surface area (Å²) in [7, 11) is 4.04. The van der Waals surface area contributed by atoms with Crippen LogP contribution in [0.4, 0.5) is 4.79 Å². The van der Waals surface area contributed by atoms with E-state index in [0.29, 0.717) is 19.3 Å². The fourth-order valence-electron chi connectivity index (χ4n) is 3.97. The van der Waals surface area contributed by atoms with Gasteiger partial charge in [0.15, 0.2) is 11.5 Å². The van der Waals surface area contributed by atoms with Gasteiger partial charge in [0.25, 0.3) is 0 Å². The lowest BCUT2D eigenvalue weighted by atomic mass is 9.95. The van der Waals surface area contributed by atoms with Gasteiger partial charge in [-0.3, -0.25) is 0 Å². The van der Waals surface area contributed by atoms with E-state index < -0.39 is 0 Å². The third kappa shape index (κ3) is 3.40. The van der Waals surface area contributed by atoms with E-state index >= 15 is 0 Å². The Morgan fingerprint density at radius 1 is 1.36 bits per heavy atom. The van der Waals surface area contributed by atoms with Crippen molar-refractivity contribution >= 4 is 6.03 Å². The summed E-state index contributed by atoms with van der Waals surface area (Å²) < 4.78 is 10.9. The number of ether oxygens (including phenoxy) is 2. The molecule has 1 N–H and O–H groups in total. The Kier molecular flexibility index (Phi) is 4.23. The van der Waals surface area contributed by atoms with Gasteiger partial charge >= 0.3 is 6.03 Å². The topological polar surface area (TPSA) is 54.0 Å². The van der Waals surface area contributed by atoms with Crippen LogP contribution in [0.15, 0.2) is 18.2 Å². The molecule has 4 rings (SSSR count). The van der Waals surface area contributed by atoms with Crippen molar-refractivity contribution < 1.29 is 14.3 Å². The first-order valence-electron chi connectivity index (χ1n) is 9.13. The van der Waals surface area contributed by atoms with Gasteiger partial charge in [-0.1, -0.05) is 6.07 Å². The molecule has 0 unspecified atom stereocenters. The Labute approximate surface area is 149 Å². The van der Waals surface area contributed by atoms with E-state index in [0.717, 1.165) is 44.0 Å². The Bertz CT molecular complexity index is 659. The maximum atomic E-state index is 12.5. The first-order valence-corrected chi connectivity index (χ1v) is 9.13. The highest BCUT2D eigenvalue weighted by molar-refractivity contribution is 5.74. The van der Waals surface area contributed by atoms with Crippen molar-refractivity contribution in [2.45, 2.75) is 24.7 Å². The van der Waals surface area contributed by atoms with Gasteiger partial charge in [-0.25, -0.2) is 4.79 Å². The van der Waals surface area contributed by atoms with Crippen LogP contribution in [0.1, 0.15) is 24.8 Å². The van der Waals surface area contributed by atoms with Crippen LogP contribution in [0.25, 0.3) is 0 Å². The summed E-state index contributed by atoms with van der Waals surface area (Å²) in [6.07, 6.45) is 3.38. The minimum atomic E-state index is 0.0292. The second-order valence-electron chi connectivity index (χ2n) is 7.80. The number of nitrogens with one attached hydrogen (secondary N) is 1. The van der Waals surface area contributed by atoms with Gasteiger partial charge in [0.1, 0.15) is 0 Å². The van der Waals surface area contributed by atoms with Crippen LogP contribution in [0.2, 0.25) is 0 Å². The summed E-state index contributed by atoms with van der Waals surface area (Å²) in [4.78, 5) is 16.6. The van der Waals surface area contributed by atoms with E-state index in [9.17, 15) is 4.79 Å². The summed E-state index contributed by atoms with van der Waals surface area (Å²) in [6.45, 7) is 4.02. The zero-order valence-corrected chi connectivity index (χ0v) is 15.1. The third-order valence-electron chi connectivity index (χ3n) is 5.78. The van der Waals surface area contributed by atoms with Crippen LogP contribution >= 0.6 is 0 Å². The molecule has 2 amide bonds. The number of benzene rings is 1. The summed E-state index contributed by atoms with van der Waals surface area (Å²) in [5.74, 6) is 2.21. The molecule has 0 bridgehead atoms. The molecule has 1 saturated heterocycles. The maximum Gasteiger partial charge on any atom is 0.317 e. The molecule has 1 aliphatic carbocycles.